The van der Waals surface area contributed by atoms with Crippen molar-refractivity contribution in [3.05, 3.63) is 29.2 Å². The van der Waals surface area contributed by atoms with Gasteiger partial charge in [-0.25, -0.2) is 0 Å². The third-order valence-corrected chi connectivity index (χ3v) is 2.73. The van der Waals surface area contributed by atoms with Crippen LogP contribution in [0.5, 0.6) is 0 Å². The minimum Gasteiger partial charge on any atom is -0.339 e. The Kier molecular flexibility index (Phi) is 3.90. The fourth-order valence-electron chi connectivity index (χ4n) is 1.45. The highest BCUT2D eigenvalue weighted by Gasteiger charge is 2.15. The molecule has 0 spiro atoms. The van der Waals surface area contributed by atoms with Gasteiger partial charge in [0, 0.05) is 18.5 Å². The summed E-state index contributed by atoms with van der Waals surface area (Å²) >= 11 is 5.75. The second-order valence-corrected chi connectivity index (χ2v) is 4.35. The van der Waals surface area contributed by atoms with E-state index in [1.807, 2.05) is 6.92 Å². The van der Waals surface area contributed by atoms with Gasteiger partial charge in [-0.1, -0.05) is 23.7 Å². The van der Waals surface area contributed by atoms with Gasteiger partial charge in [0.15, 0.2) is 0 Å². The fourth-order valence-corrected chi connectivity index (χ4v) is 1.56. The highest BCUT2D eigenvalue weighted by molar-refractivity contribution is 6.30. The monoisotopic (exact) mass is 262 g/mol. The molecule has 6 heteroatoms. The quantitative estimate of drug-likeness (QED) is 0.846. The molecule has 0 aliphatic rings. The molecule has 2 aromatic heterocycles. The molecule has 92 valence electrons. The van der Waals surface area contributed by atoms with E-state index in [-0.39, 0.29) is 5.92 Å². The molecule has 0 bridgehead atoms. The lowest BCUT2D eigenvalue weighted by atomic mass is 10.1. The molecule has 0 N–H and O–H groups in total. The van der Waals surface area contributed by atoms with E-state index in [0.717, 1.165) is 0 Å². The maximum Gasteiger partial charge on any atom is 0.229 e. The average molecular weight is 263 g/mol. The highest BCUT2D eigenvalue weighted by Crippen LogP contribution is 2.22. The summed E-state index contributed by atoms with van der Waals surface area (Å²) in [6, 6.07) is 5.55. The van der Waals surface area contributed by atoms with Crippen LogP contribution >= 0.6 is 11.6 Å². The fraction of sp³-hybridized carbons (Fsp3) is 0.333. The van der Waals surface area contributed by atoms with E-state index in [1.54, 1.807) is 12.1 Å². The van der Waals surface area contributed by atoms with Gasteiger partial charge in [-0.15, -0.1) is 0 Å². The van der Waals surface area contributed by atoms with Crippen molar-refractivity contribution in [1.82, 2.24) is 15.1 Å². The molecule has 18 heavy (non-hydrogen) atoms. The van der Waals surface area contributed by atoms with Crippen LogP contribution in [-0.4, -0.2) is 15.1 Å². The SMILES string of the molecule is CC(CCC#N)c1nc(-c2ccc(Cl)cn2)no1. The number of halogens is 1. The average Bonchev–Trinajstić information content (AvgIpc) is 2.86. The zero-order chi connectivity index (χ0) is 13.0. The van der Waals surface area contributed by atoms with Crippen molar-refractivity contribution in [2.75, 3.05) is 0 Å². The first kappa shape index (κ1) is 12.5. The van der Waals surface area contributed by atoms with Gasteiger partial charge in [0.25, 0.3) is 0 Å². The Bertz CT molecular complexity index is 558. The molecule has 0 fully saturated rings. The summed E-state index contributed by atoms with van der Waals surface area (Å²) in [4.78, 5) is 8.38. The second-order valence-electron chi connectivity index (χ2n) is 3.92. The van der Waals surface area contributed by atoms with Gasteiger partial charge in [-0.05, 0) is 18.6 Å². The summed E-state index contributed by atoms with van der Waals surface area (Å²) in [6.07, 6.45) is 2.70. The number of rotatable bonds is 4. The highest BCUT2D eigenvalue weighted by atomic mass is 35.5. The van der Waals surface area contributed by atoms with E-state index < -0.39 is 0 Å². The van der Waals surface area contributed by atoms with Crippen molar-refractivity contribution < 1.29 is 4.52 Å². The minimum absolute atomic E-state index is 0.0678. The van der Waals surface area contributed by atoms with Crippen molar-refractivity contribution in [2.24, 2.45) is 0 Å². The second kappa shape index (κ2) is 5.61. The number of hydrogen-bond donors (Lipinski definition) is 0. The minimum atomic E-state index is 0.0678. The van der Waals surface area contributed by atoms with Gasteiger partial charge in [-0.3, -0.25) is 4.98 Å². The van der Waals surface area contributed by atoms with E-state index in [2.05, 4.69) is 21.2 Å². The maximum atomic E-state index is 8.53. The van der Waals surface area contributed by atoms with Crippen LogP contribution < -0.4 is 0 Å². The first-order chi connectivity index (χ1) is 8.70. The van der Waals surface area contributed by atoms with E-state index in [9.17, 15) is 0 Å². The van der Waals surface area contributed by atoms with E-state index >= 15 is 0 Å². The van der Waals surface area contributed by atoms with Crippen molar-refractivity contribution in [3.63, 3.8) is 0 Å². The predicted molar refractivity (Wildman–Crippen MR) is 65.8 cm³/mol. The Morgan fingerprint density at radius 1 is 1.50 bits per heavy atom. The van der Waals surface area contributed by atoms with Crippen LogP contribution in [0.2, 0.25) is 5.02 Å². The number of nitriles is 1. The Labute approximate surface area is 109 Å². The zero-order valence-corrected chi connectivity index (χ0v) is 10.6. The van der Waals surface area contributed by atoms with Crippen molar-refractivity contribution in [3.8, 4) is 17.6 Å². The van der Waals surface area contributed by atoms with Crippen LogP contribution in [0, 0.1) is 11.3 Å². The summed E-state index contributed by atoms with van der Waals surface area (Å²) < 4.78 is 5.16. The lowest BCUT2D eigenvalue weighted by Gasteiger charge is -2.00. The molecule has 2 aromatic rings. The number of pyridine rings is 1. The van der Waals surface area contributed by atoms with Crippen molar-refractivity contribution in [2.45, 2.75) is 25.7 Å². The van der Waals surface area contributed by atoms with Crippen LogP contribution in [0.15, 0.2) is 22.9 Å². The summed E-state index contributed by atoms with van der Waals surface area (Å²) in [5, 5.41) is 13.0. The van der Waals surface area contributed by atoms with Gasteiger partial charge >= 0.3 is 0 Å². The Morgan fingerprint density at radius 2 is 2.33 bits per heavy atom. The van der Waals surface area contributed by atoms with E-state index in [1.165, 1.54) is 6.20 Å². The van der Waals surface area contributed by atoms with Crippen molar-refractivity contribution >= 4 is 11.6 Å². The number of aromatic nitrogens is 3. The van der Waals surface area contributed by atoms with Crippen LogP contribution in [0.3, 0.4) is 0 Å². The molecule has 0 aliphatic heterocycles. The molecular weight excluding hydrogens is 252 g/mol. The standard InChI is InChI=1S/C12H11ClN4O/c1-8(3-2-6-14)12-16-11(17-18-12)10-5-4-9(13)7-15-10/h4-5,7-8H,2-3H2,1H3. The van der Waals surface area contributed by atoms with Crippen LogP contribution in [0.1, 0.15) is 31.6 Å². The summed E-state index contributed by atoms with van der Waals surface area (Å²) in [5.41, 5.74) is 0.613. The molecule has 2 heterocycles. The van der Waals surface area contributed by atoms with Gasteiger partial charge in [0.05, 0.1) is 11.1 Å². The largest absolute Gasteiger partial charge is 0.339 e. The molecule has 0 saturated carbocycles. The number of hydrogen-bond acceptors (Lipinski definition) is 5. The topological polar surface area (TPSA) is 75.6 Å². The molecule has 0 saturated heterocycles. The van der Waals surface area contributed by atoms with Crippen LogP contribution in [0.25, 0.3) is 11.5 Å². The molecule has 0 amide bonds. The van der Waals surface area contributed by atoms with Gasteiger partial charge in [0.1, 0.15) is 5.69 Å². The number of nitrogens with zero attached hydrogens (tertiary/aromatic N) is 4. The zero-order valence-electron chi connectivity index (χ0n) is 9.80. The molecule has 2 rings (SSSR count). The first-order valence-electron chi connectivity index (χ1n) is 5.53. The van der Waals surface area contributed by atoms with Gasteiger partial charge in [-0.2, -0.15) is 10.2 Å². The van der Waals surface area contributed by atoms with Crippen molar-refractivity contribution in [1.29, 1.82) is 5.26 Å². The van der Waals surface area contributed by atoms with E-state index in [0.29, 0.717) is 35.3 Å². The molecule has 0 aliphatic carbocycles. The Balaban J connectivity index is 2.15. The van der Waals surface area contributed by atoms with Gasteiger partial charge in [0.2, 0.25) is 11.7 Å². The summed E-state index contributed by atoms with van der Waals surface area (Å²) in [5.74, 6) is 1.03. The third kappa shape index (κ3) is 2.84. The maximum absolute atomic E-state index is 8.53. The lowest BCUT2D eigenvalue weighted by molar-refractivity contribution is 0.355. The summed E-state index contributed by atoms with van der Waals surface area (Å²) in [7, 11) is 0. The smallest absolute Gasteiger partial charge is 0.229 e. The first-order valence-corrected chi connectivity index (χ1v) is 5.91. The lowest BCUT2D eigenvalue weighted by Crippen LogP contribution is -1.93. The molecule has 0 radical (unpaired) electrons. The van der Waals surface area contributed by atoms with E-state index in [4.69, 9.17) is 21.4 Å². The summed E-state index contributed by atoms with van der Waals surface area (Å²) in [6.45, 7) is 1.95. The normalized spacial score (nSPS) is 12.1. The molecule has 5 nitrogen and oxygen atoms in total. The van der Waals surface area contributed by atoms with Crippen LogP contribution in [0.4, 0.5) is 0 Å². The Morgan fingerprint density at radius 3 is 3.00 bits per heavy atom. The molecule has 0 aromatic carbocycles. The molecular formula is C12H11ClN4O. The Hall–Kier alpha value is -1.93. The van der Waals surface area contributed by atoms with Gasteiger partial charge < -0.3 is 4.52 Å². The van der Waals surface area contributed by atoms with Crippen LogP contribution in [-0.2, 0) is 0 Å². The predicted octanol–water partition coefficient (Wildman–Crippen LogP) is 3.19. The molecule has 1 unspecified atom stereocenters. The third-order valence-electron chi connectivity index (χ3n) is 2.51. The molecule has 1 atom stereocenters.